The van der Waals surface area contributed by atoms with Crippen LogP contribution in [0.2, 0.25) is 0 Å². The number of ether oxygens (including phenoxy) is 1. The summed E-state index contributed by atoms with van der Waals surface area (Å²) in [6, 6.07) is 3.13. The van der Waals surface area contributed by atoms with Crippen molar-refractivity contribution in [2.75, 3.05) is 18.8 Å². The summed E-state index contributed by atoms with van der Waals surface area (Å²) in [5, 5.41) is 11.4. The topological polar surface area (TPSA) is 85.6 Å². The number of aromatic nitrogens is 1. The number of carbonyl (C=O) groups excluding carboxylic acids is 1. The van der Waals surface area contributed by atoms with Crippen LogP contribution in [0.1, 0.15) is 33.6 Å². The predicted octanol–water partition coefficient (Wildman–Crippen LogP) is 3.73. The molecule has 1 fully saturated rings. The number of piperidine rings is 1. The standard InChI is InChI=1S/C16H23N3O4S/c1-16(2,3)23-15(20)18-8-4-5-12(10-18)11-24-14-7-6-13(9-17-14)19(21)22/h6-7,9,12H,4-5,8,10-11H2,1-3H3. The first-order valence-electron chi connectivity index (χ1n) is 7.96. The molecule has 0 aromatic carbocycles. The average Bonchev–Trinajstić information content (AvgIpc) is 2.52. The second-order valence-electron chi connectivity index (χ2n) is 6.86. The number of carbonyl (C=O) groups is 1. The van der Waals surface area contributed by atoms with Crippen molar-refractivity contribution in [2.45, 2.75) is 44.2 Å². The Morgan fingerprint density at radius 1 is 1.50 bits per heavy atom. The lowest BCUT2D eigenvalue weighted by atomic mass is 10.0. The molecule has 1 unspecified atom stereocenters. The van der Waals surface area contributed by atoms with Crippen molar-refractivity contribution in [2.24, 2.45) is 5.92 Å². The fourth-order valence-corrected chi connectivity index (χ4v) is 3.43. The summed E-state index contributed by atoms with van der Waals surface area (Å²) >= 11 is 1.56. The van der Waals surface area contributed by atoms with Crippen LogP contribution in [0.25, 0.3) is 0 Å². The molecule has 0 N–H and O–H groups in total. The highest BCUT2D eigenvalue weighted by molar-refractivity contribution is 7.99. The van der Waals surface area contributed by atoms with E-state index in [4.69, 9.17) is 4.74 Å². The van der Waals surface area contributed by atoms with Crippen LogP contribution < -0.4 is 0 Å². The van der Waals surface area contributed by atoms with Gasteiger partial charge in [0.1, 0.15) is 11.8 Å². The summed E-state index contributed by atoms with van der Waals surface area (Å²) < 4.78 is 5.43. The normalized spacial score (nSPS) is 18.3. The van der Waals surface area contributed by atoms with Gasteiger partial charge in [0.15, 0.2) is 0 Å². The zero-order valence-corrected chi connectivity index (χ0v) is 15.0. The molecule has 1 aromatic heterocycles. The van der Waals surface area contributed by atoms with Gasteiger partial charge in [-0.2, -0.15) is 0 Å². The number of pyridine rings is 1. The van der Waals surface area contributed by atoms with Gasteiger partial charge in [-0.3, -0.25) is 10.1 Å². The quantitative estimate of drug-likeness (QED) is 0.466. The summed E-state index contributed by atoms with van der Waals surface area (Å²) in [6.45, 7) is 6.99. The Kier molecular flexibility index (Phi) is 6.04. The molecule has 1 saturated heterocycles. The van der Waals surface area contributed by atoms with Crippen molar-refractivity contribution in [3.05, 3.63) is 28.4 Å². The smallest absolute Gasteiger partial charge is 0.410 e. The van der Waals surface area contributed by atoms with Crippen LogP contribution in [0.3, 0.4) is 0 Å². The first kappa shape index (κ1) is 18.5. The van der Waals surface area contributed by atoms with Gasteiger partial charge in [-0.1, -0.05) is 0 Å². The molecule has 1 amide bonds. The Morgan fingerprint density at radius 2 is 2.25 bits per heavy atom. The Balaban J connectivity index is 1.84. The Morgan fingerprint density at radius 3 is 2.83 bits per heavy atom. The molecule has 8 heteroatoms. The number of nitro groups is 1. The van der Waals surface area contributed by atoms with Crippen molar-refractivity contribution >= 4 is 23.5 Å². The fraction of sp³-hybridized carbons (Fsp3) is 0.625. The van der Waals surface area contributed by atoms with Crippen LogP contribution in [0.5, 0.6) is 0 Å². The van der Waals surface area contributed by atoms with Crippen molar-refractivity contribution < 1.29 is 14.5 Å². The van der Waals surface area contributed by atoms with E-state index >= 15 is 0 Å². The molecule has 24 heavy (non-hydrogen) atoms. The van der Waals surface area contributed by atoms with E-state index < -0.39 is 10.5 Å². The first-order chi connectivity index (χ1) is 11.2. The van der Waals surface area contributed by atoms with Crippen molar-refractivity contribution in [3.63, 3.8) is 0 Å². The molecular weight excluding hydrogens is 330 g/mol. The Labute approximate surface area is 145 Å². The maximum Gasteiger partial charge on any atom is 0.410 e. The number of thioether (sulfide) groups is 1. The van der Waals surface area contributed by atoms with Gasteiger partial charge in [0, 0.05) is 24.9 Å². The molecule has 0 spiro atoms. The van der Waals surface area contributed by atoms with Gasteiger partial charge in [-0.05, 0) is 45.6 Å². The molecule has 2 heterocycles. The third kappa shape index (κ3) is 5.67. The molecule has 0 saturated carbocycles. The SMILES string of the molecule is CC(C)(C)OC(=O)N1CCCC(CSc2ccc([N+](=O)[O-])cn2)C1. The Hall–Kier alpha value is -1.83. The average molecular weight is 353 g/mol. The highest BCUT2D eigenvalue weighted by Gasteiger charge is 2.27. The van der Waals surface area contributed by atoms with Crippen LogP contribution in [0.15, 0.2) is 23.4 Å². The molecule has 1 aromatic rings. The third-order valence-corrected chi connectivity index (χ3v) is 4.74. The monoisotopic (exact) mass is 353 g/mol. The van der Waals surface area contributed by atoms with E-state index in [1.165, 1.54) is 12.3 Å². The van der Waals surface area contributed by atoms with Gasteiger partial charge >= 0.3 is 6.09 Å². The number of nitrogens with zero attached hydrogens (tertiary/aromatic N) is 3. The maximum atomic E-state index is 12.2. The van der Waals surface area contributed by atoms with Gasteiger partial charge < -0.3 is 9.64 Å². The van der Waals surface area contributed by atoms with Crippen molar-refractivity contribution in [3.8, 4) is 0 Å². The minimum Gasteiger partial charge on any atom is -0.444 e. The van der Waals surface area contributed by atoms with Crippen LogP contribution in [0.4, 0.5) is 10.5 Å². The van der Waals surface area contributed by atoms with Gasteiger partial charge in [0.05, 0.1) is 9.95 Å². The highest BCUT2D eigenvalue weighted by atomic mass is 32.2. The number of rotatable bonds is 4. The lowest BCUT2D eigenvalue weighted by Gasteiger charge is -2.34. The summed E-state index contributed by atoms with van der Waals surface area (Å²) in [6.07, 6.45) is 3.03. The molecular formula is C16H23N3O4S. The molecule has 132 valence electrons. The van der Waals surface area contributed by atoms with E-state index in [-0.39, 0.29) is 11.8 Å². The molecule has 1 aliphatic rings. The van der Waals surface area contributed by atoms with Crippen molar-refractivity contribution in [1.82, 2.24) is 9.88 Å². The summed E-state index contributed by atoms with van der Waals surface area (Å²) in [5.41, 5.74) is -0.491. The minimum atomic E-state index is -0.485. The zero-order valence-electron chi connectivity index (χ0n) is 14.2. The van der Waals surface area contributed by atoms with E-state index in [9.17, 15) is 14.9 Å². The van der Waals surface area contributed by atoms with E-state index in [2.05, 4.69) is 4.98 Å². The molecule has 0 radical (unpaired) electrons. The number of hydrogen-bond acceptors (Lipinski definition) is 6. The lowest BCUT2D eigenvalue weighted by Crippen LogP contribution is -2.43. The number of hydrogen-bond donors (Lipinski definition) is 0. The van der Waals surface area contributed by atoms with Gasteiger partial charge in [0.25, 0.3) is 5.69 Å². The second kappa shape index (κ2) is 7.83. The third-order valence-electron chi connectivity index (χ3n) is 3.57. The van der Waals surface area contributed by atoms with Crippen LogP contribution >= 0.6 is 11.8 Å². The minimum absolute atomic E-state index is 0.00637. The van der Waals surface area contributed by atoms with Crippen LogP contribution in [-0.2, 0) is 4.74 Å². The maximum absolute atomic E-state index is 12.2. The highest BCUT2D eigenvalue weighted by Crippen LogP contribution is 2.26. The van der Waals surface area contributed by atoms with Gasteiger partial charge in [0.2, 0.25) is 0 Å². The molecule has 0 bridgehead atoms. The second-order valence-corrected chi connectivity index (χ2v) is 7.90. The summed E-state index contributed by atoms with van der Waals surface area (Å²) in [4.78, 5) is 28.2. The van der Waals surface area contributed by atoms with E-state index in [1.54, 1.807) is 22.7 Å². The zero-order chi connectivity index (χ0) is 17.7. The summed E-state index contributed by atoms with van der Waals surface area (Å²) in [7, 11) is 0. The van der Waals surface area contributed by atoms with Crippen LogP contribution in [-0.4, -0.2) is 45.3 Å². The van der Waals surface area contributed by atoms with Gasteiger partial charge in [-0.25, -0.2) is 9.78 Å². The number of likely N-dealkylation sites (tertiary alicyclic amines) is 1. The fourth-order valence-electron chi connectivity index (χ4n) is 2.46. The van der Waals surface area contributed by atoms with E-state index in [1.807, 2.05) is 20.8 Å². The van der Waals surface area contributed by atoms with E-state index in [0.29, 0.717) is 12.5 Å². The predicted molar refractivity (Wildman–Crippen MR) is 92.1 cm³/mol. The largest absolute Gasteiger partial charge is 0.444 e. The molecule has 1 atom stereocenters. The molecule has 1 aliphatic heterocycles. The van der Waals surface area contributed by atoms with Gasteiger partial charge in [-0.15, -0.1) is 11.8 Å². The van der Waals surface area contributed by atoms with E-state index in [0.717, 1.165) is 30.2 Å². The molecule has 7 nitrogen and oxygen atoms in total. The summed E-state index contributed by atoms with van der Waals surface area (Å²) in [5.74, 6) is 1.19. The van der Waals surface area contributed by atoms with Crippen molar-refractivity contribution in [1.29, 1.82) is 0 Å². The first-order valence-corrected chi connectivity index (χ1v) is 8.94. The molecule has 2 rings (SSSR count). The van der Waals surface area contributed by atoms with Crippen LogP contribution in [0, 0.1) is 16.0 Å². The molecule has 0 aliphatic carbocycles. The Bertz CT molecular complexity index is 586. The lowest BCUT2D eigenvalue weighted by molar-refractivity contribution is -0.385. The number of amides is 1.